The molecule has 1 aliphatic carbocycles. The van der Waals surface area contributed by atoms with Gasteiger partial charge >= 0.3 is 0 Å². The van der Waals surface area contributed by atoms with Crippen LogP contribution in [-0.4, -0.2) is 45.3 Å². The molecule has 1 N–H and O–H groups in total. The summed E-state index contributed by atoms with van der Waals surface area (Å²) in [5.74, 6) is 0.761. The molecule has 31 heavy (non-hydrogen) atoms. The van der Waals surface area contributed by atoms with E-state index in [1.807, 2.05) is 26.0 Å². The second-order valence-electron chi connectivity index (χ2n) is 8.35. The van der Waals surface area contributed by atoms with Crippen molar-refractivity contribution in [2.75, 3.05) is 13.2 Å². The van der Waals surface area contributed by atoms with Gasteiger partial charge in [0.2, 0.25) is 5.88 Å². The first-order valence-corrected chi connectivity index (χ1v) is 10.2. The highest BCUT2D eigenvalue weighted by atomic mass is 16.5. The minimum Gasteiger partial charge on any atom is -0.471 e. The zero-order valence-corrected chi connectivity index (χ0v) is 17.4. The van der Waals surface area contributed by atoms with Gasteiger partial charge in [0, 0.05) is 28.9 Å². The van der Waals surface area contributed by atoms with E-state index in [4.69, 9.17) is 14.0 Å². The van der Waals surface area contributed by atoms with E-state index in [-0.39, 0.29) is 24.2 Å². The van der Waals surface area contributed by atoms with Crippen molar-refractivity contribution in [1.29, 1.82) is 0 Å². The molecule has 5 rings (SSSR count). The molecule has 3 aromatic rings. The standard InChI is InChI=1S/C22H23N5O4/c1-13-3-4-15(7-23-13)20-17(14(2)31-27-20)10-30-19-9-24-18(8-25-19)21(28)26-16-5-22(6-16)11-29-12-22/h3-4,7-9,16H,5-6,10-12H2,1-2H3,(H,26,28). The molecule has 2 aliphatic rings. The summed E-state index contributed by atoms with van der Waals surface area (Å²) in [6, 6.07) is 4.04. The number of aromatic nitrogens is 4. The molecule has 0 bridgehead atoms. The van der Waals surface area contributed by atoms with E-state index < -0.39 is 0 Å². The Balaban J connectivity index is 1.19. The summed E-state index contributed by atoms with van der Waals surface area (Å²) in [5, 5.41) is 7.14. The molecule has 0 radical (unpaired) electrons. The van der Waals surface area contributed by atoms with Gasteiger partial charge in [-0.15, -0.1) is 0 Å². The number of nitrogens with one attached hydrogen (secondary N) is 1. The number of rotatable bonds is 6. The predicted octanol–water partition coefficient (Wildman–Crippen LogP) is 2.63. The second kappa shape index (κ2) is 7.73. The molecule has 0 aromatic carbocycles. The Hall–Kier alpha value is -3.33. The maximum atomic E-state index is 12.4. The Bertz CT molecular complexity index is 1080. The smallest absolute Gasteiger partial charge is 0.271 e. The van der Waals surface area contributed by atoms with Gasteiger partial charge in [-0.3, -0.25) is 9.78 Å². The molecule has 1 amide bonds. The summed E-state index contributed by atoms with van der Waals surface area (Å²) in [4.78, 5) is 25.1. The van der Waals surface area contributed by atoms with Crippen LogP contribution >= 0.6 is 0 Å². The largest absolute Gasteiger partial charge is 0.471 e. The first kappa shape index (κ1) is 19.6. The molecular weight excluding hydrogens is 398 g/mol. The summed E-state index contributed by atoms with van der Waals surface area (Å²) >= 11 is 0. The summed E-state index contributed by atoms with van der Waals surface area (Å²) in [6.45, 7) is 5.58. The van der Waals surface area contributed by atoms with Gasteiger partial charge in [0.25, 0.3) is 5.91 Å². The zero-order valence-electron chi connectivity index (χ0n) is 17.4. The van der Waals surface area contributed by atoms with Crippen molar-refractivity contribution in [1.82, 2.24) is 25.4 Å². The first-order chi connectivity index (χ1) is 15.0. The van der Waals surface area contributed by atoms with E-state index in [1.165, 1.54) is 12.4 Å². The minimum absolute atomic E-state index is 0.181. The molecule has 1 saturated carbocycles. The lowest BCUT2D eigenvalue weighted by atomic mass is 9.64. The fraction of sp³-hybridized carbons (Fsp3) is 0.409. The summed E-state index contributed by atoms with van der Waals surface area (Å²) < 4.78 is 16.4. The van der Waals surface area contributed by atoms with E-state index in [0.717, 1.165) is 42.9 Å². The van der Waals surface area contributed by atoms with Crippen molar-refractivity contribution in [2.45, 2.75) is 39.3 Å². The number of aryl methyl sites for hydroxylation is 2. The number of nitrogens with zero attached hydrogens (tertiary/aromatic N) is 4. The van der Waals surface area contributed by atoms with Crippen LogP contribution in [0.2, 0.25) is 0 Å². The van der Waals surface area contributed by atoms with Gasteiger partial charge in [-0.2, -0.15) is 0 Å². The van der Waals surface area contributed by atoms with Gasteiger partial charge in [-0.25, -0.2) is 9.97 Å². The van der Waals surface area contributed by atoms with Crippen molar-refractivity contribution >= 4 is 5.91 Å². The number of carbonyl (C=O) groups is 1. The Morgan fingerprint density at radius 2 is 2.00 bits per heavy atom. The summed E-state index contributed by atoms with van der Waals surface area (Å²) in [6.07, 6.45) is 6.56. The lowest BCUT2D eigenvalue weighted by Crippen LogP contribution is -2.59. The molecule has 3 aromatic heterocycles. The minimum atomic E-state index is -0.219. The van der Waals surface area contributed by atoms with Crippen molar-refractivity contribution < 1.29 is 18.8 Å². The molecule has 0 atom stereocenters. The van der Waals surface area contributed by atoms with Crippen LogP contribution in [0.25, 0.3) is 11.3 Å². The van der Waals surface area contributed by atoms with Crippen LogP contribution in [0.4, 0.5) is 0 Å². The number of ether oxygens (including phenoxy) is 2. The number of pyridine rings is 1. The van der Waals surface area contributed by atoms with Crippen LogP contribution in [0.5, 0.6) is 5.88 Å². The van der Waals surface area contributed by atoms with Gasteiger partial charge in [0.1, 0.15) is 23.8 Å². The predicted molar refractivity (Wildman–Crippen MR) is 109 cm³/mol. The Labute approximate surface area is 179 Å². The lowest BCUT2D eigenvalue weighted by Gasteiger charge is -2.53. The molecule has 9 heteroatoms. The Morgan fingerprint density at radius 1 is 1.16 bits per heavy atom. The number of carbonyl (C=O) groups excluding carboxylic acids is 1. The lowest BCUT2D eigenvalue weighted by molar-refractivity contribution is -0.165. The van der Waals surface area contributed by atoms with E-state index in [2.05, 4.69) is 25.4 Å². The highest BCUT2D eigenvalue weighted by Gasteiger charge is 2.50. The third-order valence-electron chi connectivity index (χ3n) is 5.91. The fourth-order valence-electron chi connectivity index (χ4n) is 4.02. The van der Waals surface area contributed by atoms with Gasteiger partial charge in [-0.1, -0.05) is 5.16 Å². The van der Waals surface area contributed by atoms with Gasteiger partial charge < -0.3 is 19.3 Å². The van der Waals surface area contributed by atoms with Crippen molar-refractivity contribution in [2.24, 2.45) is 5.41 Å². The Morgan fingerprint density at radius 3 is 2.65 bits per heavy atom. The molecule has 1 saturated heterocycles. The zero-order chi connectivity index (χ0) is 21.4. The van der Waals surface area contributed by atoms with Crippen LogP contribution in [0.3, 0.4) is 0 Å². The van der Waals surface area contributed by atoms with E-state index in [0.29, 0.717) is 22.7 Å². The van der Waals surface area contributed by atoms with E-state index >= 15 is 0 Å². The van der Waals surface area contributed by atoms with Crippen LogP contribution in [-0.2, 0) is 11.3 Å². The molecule has 160 valence electrons. The SMILES string of the molecule is Cc1ccc(-c2noc(C)c2COc2cnc(C(=O)NC3CC4(COC4)C3)cn2)cn1. The number of hydrogen-bond acceptors (Lipinski definition) is 8. The first-order valence-electron chi connectivity index (χ1n) is 10.2. The number of hydrogen-bond donors (Lipinski definition) is 1. The quantitative estimate of drug-likeness (QED) is 0.646. The molecule has 0 unspecified atom stereocenters. The average molecular weight is 421 g/mol. The van der Waals surface area contributed by atoms with Crippen LogP contribution in [0.1, 0.15) is 40.3 Å². The highest BCUT2D eigenvalue weighted by molar-refractivity contribution is 5.92. The monoisotopic (exact) mass is 421 g/mol. The van der Waals surface area contributed by atoms with Gasteiger partial charge in [0.15, 0.2) is 0 Å². The average Bonchev–Trinajstić information content (AvgIpc) is 3.08. The third kappa shape index (κ3) is 3.88. The van der Waals surface area contributed by atoms with Gasteiger partial charge in [-0.05, 0) is 38.8 Å². The highest BCUT2D eigenvalue weighted by Crippen LogP contribution is 2.46. The fourth-order valence-corrected chi connectivity index (χ4v) is 4.02. The molecule has 1 spiro atoms. The molecular formula is C22H23N5O4. The normalized spacial score (nSPS) is 17.1. The molecule has 4 heterocycles. The van der Waals surface area contributed by atoms with Crippen molar-refractivity contribution in [3.05, 3.63) is 53.4 Å². The molecule has 2 fully saturated rings. The topological polar surface area (TPSA) is 112 Å². The van der Waals surface area contributed by atoms with E-state index in [1.54, 1.807) is 6.20 Å². The summed E-state index contributed by atoms with van der Waals surface area (Å²) in [5.41, 5.74) is 3.85. The number of amides is 1. The van der Waals surface area contributed by atoms with E-state index in [9.17, 15) is 4.79 Å². The maximum Gasteiger partial charge on any atom is 0.271 e. The molecule has 9 nitrogen and oxygen atoms in total. The van der Waals surface area contributed by atoms with Crippen molar-refractivity contribution in [3.63, 3.8) is 0 Å². The molecule has 1 aliphatic heterocycles. The summed E-state index contributed by atoms with van der Waals surface area (Å²) in [7, 11) is 0. The van der Waals surface area contributed by atoms with Crippen LogP contribution in [0.15, 0.2) is 35.2 Å². The van der Waals surface area contributed by atoms with Crippen LogP contribution in [0, 0.1) is 19.3 Å². The maximum absolute atomic E-state index is 12.4. The second-order valence-corrected chi connectivity index (χ2v) is 8.35. The Kier molecular flexibility index (Phi) is 4.90. The van der Waals surface area contributed by atoms with Crippen LogP contribution < -0.4 is 10.1 Å². The van der Waals surface area contributed by atoms with Crippen molar-refractivity contribution in [3.8, 4) is 17.1 Å². The van der Waals surface area contributed by atoms with Gasteiger partial charge in [0.05, 0.1) is 31.2 Å². The third-order valence-corrected chi connectivity index (χ3v) is 5.91.